The first-order chi connectivity index (χ1) is 21.0. The SMILES string of the molecule is Cc1nc2c(=O)c(N3CCN(C(=O)OC(C)(C)C)[C@H]4CC[C@@H]43)c3n(c2nc1C)[C@H](C(=O)Nc1ccc(C(F)(F)F)cc1Cl)CC3. The Hall–Kier alpha value is -3.87. The summed E-state index contributed by atoms with van der Waals surface area (Å²) in [7, 11) is 0. The molecule has 1 saturated carbocycles. The maximum atomic E-state index is 14.2. The first kappa shape index (κ1) is 31.1. The van der Waals surface area contributed by atoms with Gasteiger partial charge in [-0.2, -0.15) is 13.2 Å². The molecule has 1 aliphatic carbocycles. The average Bonchev–Trinajstić information content (AvgIpc) is 3.35. The second kappa shape index (κ2) is 10.9. The summed E-state index contributed by atoms with van der Waals surface area (Å²) >= 11 is 6.14. The summed E-state index contributed by atoms with van der Waals surface area (Å²) in [5.74, 6) is -0.498. The van der Waals surface area contributed by atoms with Crippen LogP contribution in [-0.2, 0) is 22.1 Å². The molecule has 240 valence electrons. The number of anilines is 2. The molecule has 0 bridgehead atoms. The highest BCUT2D eigenvalue weighted by molar-refractivity contribution is 6.33. The van der Waals surface area contributed by atoms with Crippen LogP contribution in [0.1, 0.15) is 68.7 Å². The lowest BCUT2D eigenvalue weighted by atomic mass is 9.81. The van der Waals surface area contributed by atoms with Crippen molar-refractivity contribution in [2.24, 2.45) is 0 Å². The third kappa shape index (κ3) is 5.49. The number of rotatable bonds is 3. The van der Waals surface area contributed by atoms with E-state index in [1.54, 1.807) is 23.3 Å². The number of benzene rings is 1. The van der Waals surface area contributed by atoms with Crippen molar-refractivity contribution in [3.63, 3.8) is 0 Å². The molecule has 0 unspecified atom stereocenters. The molecule has 0 spiro atoms. The fraction of sp³-hybridized carbons (Fsp3) is 0.516. The number of fused-ring (bicyclic) bond motifs is 4. The third-order valence-electron chi connectivity index (χ3n) is 8.83. The summed E-state index contributed by atoms with van der Waals surface area (Å²) < 4.78 is 46.9. The van der Waals surface area contributed by atoms with Crippen LogP contribution in [0.3, 0.4) is 0 Å². The second-order valence-electron chi connectivity index (χ2n) is 12.9. The average molecular weight is 647 g/mol. The molecule has 14 heteroatoms. The Morgan fingerprint density at radius 3 is 2.33 bits per heavy atom. The molecule has 6 rings (SSSR count). The number of carbonyl (C=O) groups is 2. The van der Waals surface area contributed by atoms with Crippen molar-refractivity contribution in [2.45, 2.75) is 90.2 Å². The Morgan fingerprint density at radius 2 is 1.71 bits per heavy atom. The Bertz CT molecular complexity index is 1790. The minimum Gasteiger partial charge on any atom is -0.444 e. The normalized spacial score (nSPS) is 21.3. The van der Waals surface area contributed by atoms with Crippen LogP contribution in [-0.4, -0.2) is 62.2 Å². The molecule has 1 saturated heterocycles. The van der Waals surface area contributed by atoms with Gasteiger partial charge in [0.15, 0.2) is 11.2 Å². The Labute approximate surface area is 262 Å². The summed E-state index contributed by atoms with van der Waals surface area (Å²) in [5, 5.41) is 2.44. The van der Waals surface area contributed by atoms with Gasteiger partial charge in [0.1, 0.15) is 17.3 Å². The van der Waals surface area contributed by atoms with Crippen molar-refractivity contribution in [1.29, 1.82) is 0 Å². The summed E-state index contributed by atoms with van der Waals surface area (Å²) in [6, 6.07) is 1.70. The van der Waals surface area contributed by atoms with Crippen LogP contribution >= 0.6 is 11.6 Å². The molecule has 4 heterocycles. The third-order valence-corrected chi connectivity index (χ3v) is 9.15. The molecule has 2 aromatic heterocycles. The lowest BCUT2D eigenvalue weighted by Gasteiger charge is -2.54. The number of pyridine rings is 1. The maximum absolute atomic E-state index is 14.2. The number of hydrogen-bond acceptors (Lipinski definition) is 7. The lowest BCUT2D eigenvalue weighted by molar-refractivity contribution is -0.137. The number of halogens is 4. The van der Waals surface area contributed by atoms with Gasteiger partial charge in [0.25, 0.3) is 0 Å². The number of aromatic nitrogens is 3. The molecule has 10 nitrogen and oxygen atoms in total. The van der Waals surface area contributed by atoms with Gasteiger partial charge in [-0.05, 0) is 78.5 Å². The number of alkyl halides is 3. The van der Waals surface area contributed by atoms with E-state index in [2.05, 4.69) is 15.3 Å². The monoisotopic (exact) mass is 646 g/mol. The summed E-state index contributed by atoms with van der Waals surface area (Å²) in [5.41, 5.74) is 0.875. The molecule has 3 aliphatic rings. The standard InChI is InChI=1S/C31H34ClF3N6O4/c1-15-16(2)37-27-24(36-15)26(42)25(39-12-13-40(21-9-8-20(21)39)29(44)45-30(3,4)5)22-10-11-23(41(22)27)28(43)38-19-7-6-17(14-18(19)32)31(33,34)35/h6-7,14,20-21,23H,8-13H2,1-5H3,(H,38,43)/t20-,21-,23-/m0/s1. The number of hydrogen-bond donors (Lipinski definition) is 1. The highest BCUT2D eigenvalue weighted by atomic mass is 35.5. The molecule has 1 N–H and O–H groups in total. The van der Waals surface area contributed by atoms with Crippen LogP contribution in [0.2, 0.25) is 5.02 Å². The molecule has 2 amide bonds. The molecule has 2 fully saturated rings. The summed E-state index contributed by atoms with van der Waals surface area (Å²) in [6.45, 7) is 9.75. The largest absolute Gasteiger partial charge is 0.444 e. The van der Waals surface area contributed by atoms with E-state index in [0.29, 0.717) is 48.7 Å². The number of ether oxygens (including phenoxy) is 1. The van der Waals surface area contributed by atoms with Crippen LogP contribution < -0.4 is 15.6 Å². The van der Waals surface area contributed by atoms with E-state index in [-0.39, 0.29) is 45.5 Å². The minimum absolute atomic E-state index is 0.0439. The molecule has 0 radical (unpaired) electrons. The summed E-state index contributed by atoms with van der Waals surface area (Å²) in [6.07, 6.45) is -2.70. The van der Waals surface area contributed by atoms with Crippen molar-refractivity contribution in [1.82, 2.24) is 19.4 Å². The van der Waals surface area contributed by atoms with E-state index in [0.717, 1.165) is 31.0 Å². The van der Waals surface area contributed by atoms with Crippen LogP contribution in [0, 0.1) is 13.8 Å². The minimum atomic E-state index is -4.58. The fourth-order valence-corrected chi connectivity index (χ4v) is 6.72. The van der Waals surface area contributed by atoms with Crippen molar-refractivity contribution < 1.29 is 27.5 Å². The van der Waals surface area contributed by atoms with Gasteiger partial charge in [-0.25, -0.2) is 14.8 Å². The van der Waals surface area contributed by atoms with Crippen molar-refractivity contribution in [3.05, 3.63) is 56.1 Å². The van der Waals surface area contributed by atoms with E-state index in [1.807, 2.05) is 25.7 Å². The molecule has 3 aromatic rings. The van der Waals surface area contributed by atoms with Gasteiger partial charge in [0.05, 0.1) is 33.7 Å². The van der Waals surface area contributed by atoms with Crippen LogP contribution in [0.4, 0.5) is 29.3 Å². The van der Waals surface area contributed by atoms with Gasteiger partial charge < -0.3 is 24.4 Å². The number of nitrogens with zero attached hydrogens (tertiary/aromatic N) is 5. The van der Waals surface area contributed by atoms with Gasteiger partial charge in [-0.1, -0.05) is 11.6 Å². The number of nitrogens with one attached hydrogen (secondary N) is 1. The van der Waals surface area contributed by atoms with Crippen molar-refractivity contribution in [2.75, 3.05) is 23.3 Å². The van der Waals surface area contributed by atoms with E-state index in [9.17, 15) is 27.6 Å². The van der Waals surface area contributed by atoms with Crippen molar-refractivity contribution in [3.8, 4) is 0 Å². The molecule has 3 atom stereocenters. The Morgan fingerprint density at radius 1 is 1.02 bits per heavy atom. The number of aryl methyl sites for hydroxylation is 2. The first-order valence-electron chi connectivity index (χ1n) is 14.9. The highest BCUT2D eigenvalue weighted by Crippen LogP contribution is 2.42. The van der Waals surface area contributed by atoms with E-state index < -0.39 is 29.3 Å². The molecule has 45 heavy (non-hydrogen) atoms. The molecule has 2 aliphatic heterocycles. The molecular formula is C31H34ClF3N6O4. The van der Waals surface area contributed by atoms with Crippen LogP contribution in [0.15, 0.2) is 23.0 Å². The maximum Gasteiger partial charge on any atom is 0.416 e. The number of carbonyl (C=O) groups excluding carboxylic acids is 2. The van der Waals surface area contributed by atoms with Gasteiger partial charge in [-0.15, -0.1) is 0 Å². The Kier molecular flexibility index (Phi) is 7.53. The smallest absolute Gasteiger partial charge is 0.416 e. The zero-order valence-electron chi connectivity index (χ0n) is 25.6. The number of piperazine rings is 1. The zero-order chi connectivity index (χ0) is 32.6. The molecular weight excluding hydrogens is 613 g/mol. The van der Waals surface area contributed by atoms with Crippen LogP contribution in [0.25, 0.3) is 11.2 Å². The van der Waals surface area contributed by atoms with Gasteiger partial charge in [0.2, 0.25) is 11.3 Å². The highest BCUT2D eigenvalue weighted by Gasteiger charge is 2.48. The second-order valence-corrected chi connectivity index (χ2v) is 13.3. The zero-order valence-corrected chi connectivity index (χ0v) is 26.3. The van der Waals surface area contributed by atoms with Gasteiger partial charge >= 0.3 is 12.3 Å². The van der Waals surface area contributed by atoms with E-state index in [4.69, 9.17) is 16.3 Å². The predicted molar refractivity (Wildman–Crippen MR) is 163 cm³/mol. The predicted octanol–water partition coefficient (Wildman–Crippen LogP) is 5.79. The Balaban J connectivity index is 1.39. The first-order valence-corrected chi connectivity index (χ1v) is 15.3. The van der Waals surface area contributed by atoms with Crippen molar-refractivity contribution >= 4 is 46.1 Å². The quantitative estimate of drug-likeness (QED) is 0.383. The molecule has 1 aromatic carbocycles. The van der Waals surface area contributed by atoms with Crippen LogP contribution in [0.5, 0.6) is 0 Å². The topological polar surface area (TPSA) is 110 Å². The summed E-state index contributed by atoms with van der Waals surface area (Å²) in [4.78, 5) is 54.0. The van der Waals surface area contributed by atoms with Gasteiger partial charge in [0, 0.05) is 24.8 Å². The number of amides is 2. The van der Waals surface area contributed by atoms with E-state index >= 15 is 0 Å². The fourth-order valence-electron chi connectivity index (χ4n) is 6.49. The van der Waals surface area contributed by atoms with E-state index in [1.165, 1.54) is 0 Å². The lowest BCUT2D eigenvalue weighted by Crippen LogP contribution is -2.67. The van der Waals surface area contributed by atoms with Gasteiger partial charge in [-0.3, -0.25) is 9.59 Å².